The molecule has 0 bridgehead atoms. The molecular formula is C28H30N4O7. The predicted molar refractivity (Wildman–Crippen MR) is 142 cm³/mol. The van der Waals surface area contributed by atoms with Crippen molar-refractivity contribution < 1.29 is 33.3 Å². The Labute approximate surface area is 226 Å². The number of rotatable bonds is 7. The van der Waals surface area contributed by atoms with Crippen molar-refractivity contribution in [2.75, 3.05) is 64.5 Å². The SMILES string of the molecule is COC(=O)C1=C(C(=O)OC)N(c2cc(OC)c(N3CCOCC3)cc2OC)C(N)=C(C#N)C1c1ccccc1. The summed E-state index contributed by atoms with van der Waals surface area (Å²) in [7, 11) is 5.39. The summed E-state index contributed by atoms with van der Waals surface area (Å²) in [6.07, 6.45) is 0. The lowest BCUT2D eigenvalue weighted by Gasteiger charge is -2.37. The summed E-state index contributed by atoms with van der Waals surface area (Å²) in [6.45, 7) is 2.39. The van der Waals surface area contributed by atoms with E-state index in [-0.39, 0.29) is 28.4 Å². The lowest BCUT2D eigenvalue weighted by Crippen LogP contribution is -2.41. The van der Waals surface area contributed by atoms with Gasteiger partial charge in [-0.2, -0.15) is 5.26 Å². The molecule has 2 aliphatic rings. The number of allylic oxidation sites excluding steroid dienone is 1. The number of methoxy groups -OCH3 is 4. The molecule has 0 aromatic heterocycles. The van der Waals surface area contributed by atoms with Gasteiger partial charge in [0.2, 0.25) is 0 Å². The number of nitrogens with zero attached hydrogens (tertiary/aromatic N) is 3. The van der Waals surface area contributed by atoms with E-state index in [1.54, 1.807) is 42.5 Å². The maximum absolute atomic E-state index is 13.4. The van der Waals surface area contributed by atoms with E-state index in [4.69, 9.17) is 29.4 Å². The van der Waals surface area contributed by atoms with E-state index in [2.05, 4.69) is 11.0 Å². The van der Waals surface area contributed by atoms with E-state index in [1.807, 2.05) is 0 Å². The van der Waals surface area contributed by atoms with Gasteiger partial charge >= 0.3 is 11.9 Å². The smallest absolute Gasteiger partial charge is 0.355 e. The number of benzene rings is 2. The summed E-state index contributed by atoms with van der Waals surface area (Å²) in [5.74, 6) is -1.93. The molecule has 11 nitrogen and oxygen atoms in total. The highest BCUT2D eigenvalue weighted by molar-refractivity contribution is 6.06. The third kappa shape index (κ3) is 4.94. The number of anilines is 2. The normalized spacial score (nSPS) is 17.5. The van der Waals surface area contributed by atoms with Gasteiger partial charge in [0.25, 0.3) is 0 Å². The first-order valence-electron chi connectivity index (χ1n) is 12.2. The quantitative estimate of drug-likeness (QED) is 0.525. The standard InChI is InChI=1S/C28H30N4O7/c1-35-21-15-20(22(36-2)14-19(21)31-10-12-39-13-11-31)32-25(28(34)38-4)24(27(33)37-3)23(18(16-29)26(32)30)17-8-6-5-7-9-17/h5-9,14-15,23H,10-13,30H2,1-4H3. The van der Waals surface area contributed by atoms with Crippen LogP contribution in [0.5, 0.6) is 11.5 Å². The van der Waals surface area contributed by atoms with E-state index in [9.17, 15) is 14.9 Å². The van der Waals surface area contributed by atoms with Gasteiger partial charge in [0.05, 0.1) is 76.2 Å². The largest absolute Gasteiger partial charge is 0.494 e. The van der Waals surface area contributed by atoms with Crippen molar-refractivity contribution in [1.82, 2.24) is 0 Å². The van der Waals surface area contributed by atoms with Crippen LogP contribution in [0.3, 0.4) is 0 Å². The summed E-state index contributed by atoms with van der Waals surface area (Å²) >= 11 is 0. The Hall–Kier alpha value is -4.69. The molecule has 1 unspecified atom stereocenters. The molecule has 204 valence electrons. The molecule has 11 heteroatoms. The Morgan fingerprint density at radius 1 is 0.949 bits per heavy atom. The van der Waals surface area contributed by atoms with Crippen LogP contribution in [0.2, 0.25) is 0 Å². The highest BCUT2D eigenvalue weighted by Crippen LogP contribution is 2.48. The molecular weight excluding hydrogens is 504 g/mol. The number of carbonyl (C=O) groups is 2. The van der Waals surface area contributed by atoms with Crippen LogP contribution in [-0.4, -0.2) is 66.7 Å². The van der Waals surface area contributed by atoms with Crippen LogP contribution >= 0.6 is 0 Å². The summed E-state index contributed by atoms with van der Waals surface area (Å²) in [4.78, 5) is 30.1. The fourth-order valence-corrected chi connectivity index (χ4v) is 4.86. The first-order chi connectivity index (χ1) is 18.9. The zero-order valence-electron chi connectivity index (χ0n) is 22.2. The molecule has 2 N–H and O–H groups in total. The molecule has 1 fully saturated rings. The highest BCUT2D eigenvalue weighted by atomic mass is 16.5. The Kier molecular flexibility index (Phi) is 8.27. The molecule has 0 spiro atoms. The second kappa shape index (κ2) is 11.8. The predicted octanol–water partition coefficient (Wildman–Crippen LogP) is 2.44. The van der Waals surface area contributed by atoms with Gasteiger partial charge in [0, 0.05) is 25.2 Å². The van der Waals surface area contributed by atoms with Crippen LogP contribution in [0.1, 0.15) is 11.5 Å². The second-order valence-electron chi connectivity index (χ2n) is 8.63. The summed E-state index contributed by atoms with van der Waals surface area (Å²) in [5, 5.41) is 10.3. The molecule has 2 aliphatic heterocycles. The minimum Gasteiger partial charge on any atom is -0.494 e. The Bertz CT molecular complexity index is 1360. The Balaban J connectivity index is 2.03. The number of ether oxygens (including phenoxy) is 5. The number of carbonyl (C=O) groups excluding carboxylic acids is 2. The van der Waals surface area contributed by atoms with Crippen molar-refractivity contribution in [3.63, 3.8) is 0 Å². The van der Waals surface area contributed by atoms with Crippen molar-refractivity contribution in [3.8, 4) is 17.6 Å². The summed E-state index contributed by atoms with van der Waals surface area (Å²) in [6, 6.07) is 14.3. The molecule has 2 heterocycles. The van der Waals surface area contributed by atoms with Crippen molar-refractivity contribution in [3.05, 3.63) is 70.7 Å². The highest BCUT2D eigenvalue weighted by Gasteiger charge is 2.44. The number of morpholine rings is 1. The number of esters is 2. The van der Waals surface area contributed by atoms with E-state index < -0.39 is 17.9 Å². The van der Waals surface area contributed by atoms with Gasteiger partial charge in [0.15, 0.2) is 0 Å². The average molecular weight is 535 g/mol. The number of hydrogen-bond donors (Lipinski definition) is 1. The molecule has 4 rings (SSSR count). The molecule has 0 amide bonds. The lowest BCUT2D eigenvalue weighted by molar-refractivity contribution is -0.139. The van der Waals surface area contributed by atoms with Crippen LogP contribution < -0.4 is 25.0 Å². The molecule has 0 saturated carbocycles. The number of nitriles is 1. The van der Waals surface area contributed by atoms with E-state index in [1.165, 1.54) is 33.3 Å². The molecule has 2 aromatic rings. The first kappa shape index (κ1) is 27.3. The van der Waals surface area contributed by atoms with Crippen molar-refractivity contribution in [2.45, 2.75) is 5.92 Å². The second-order valence-corrected chi connectivity index (χ2v) is 8.63. The van der Waals surface area contributed by atoms with E-state index in [0.717, 1.165) is 5.69 Å². The van der Waals surface area contributed by atoms with Crippen LogP contribution in [0.15, 0.2) is 65.1 Å². The summed E-state index contributed by atoms with van der Waals surface area (Å²) in [5.41, 5.74) is 7.99. The van der Waals surface area contributed by atoms with E-state index >= 15 is 0 Å². The van der Waals surface area contributed by atoms with Gasteiger partial charge in [-0.1, -0.05) is 30.3 Å². The van der Waals surface area contributed by atoms with Crippen LogP contribution in [-0.2, 0) is 23.8 Å². The lowest BCUT2D eigenvalue weighted by atomic mass is 9.81. The molecule has 2 aromatic carbocycles. The third-order valence-electron chi connectivity index (χ3n) is 6.68. The molecule has 39 heavy (non-hydrogen) atoms. The van der Waals surface area contributed by atoms with Crippen molar-refractivity contribution in [1.29, 1.82) is 5.26 Å². The molecule has 0 radical (unpaired) electrons. The van der Waals surface area contributed by atoms with Crippen LogP contribution in [0.4, 0.5) is 11.4 Å². The van der Waals surface area contributed by atoms with E-state index in [0.29, 0.717) is 43.4 Å². The zero-order chi connectivity index (χ0) is 28.1. The minimum absolute atomic E-state index is 0.0486. The maximum atomic E-state index is 13.4. The first-order valence-corrected chi connectivity index (χ1v) is 12.2. The van der Waals surface area contributed by atoms with Gasteiger partial charge in [-0.15, -0.1) is 0 Å². The average Bonchev–Trinajstić information content (AvgIpc) is 2.99. The van der Waals surface area contributed by atoms with Gasteiger partial charge in [-0.3, -0.25) is 4.90 Å². The number of hydrogen-bond acceptors (Lipinski definition) is 11. The minimum atomic E-state index is -0.977. The molecule has 1 saturated heterocycles. The monoisotopic (exact) mass is 534 g/mol. The molecule has 0 aliphatic carbocycles. The van der Waals surface area contributed by atoms with Gasteiger partial charge in [-0.25, -0.2) is 9.59 Å². The van der Waals surface area contributed by atoms with Gasteiger partial charge < -0.3 is 34.3 Å². The van der Waals surface area contributed by atoms with Crippen LogP contribution in [0, 0.1) is 11.3 Å². The van der Waals surface area contributed by atoms with Crippen molar-refractivity contribution >= 4 is 23.3 Å². The van der Waals surface area contributed by atoms with Crippen molar-refractivity contribution in [2.24, 2.45) is 5.73 Å². The fourth-order valence-electron chi connectivity index (χ4n) is 4.86. The Morgan fingerprint density at radius 2 is 1.54 bits per heavy atom. The van der Waals surface area contributed by atoms with Gasteiger partial charge in [0.1, 0.15) is 23.0 Å². The maximum Gasteiger partial charge on any atom is 0.355 e. The molecule has 1 atom stereocenters. The fraction of sp³-hybridized carbons (Fsp3) is 0.321. The summed E-state index contributed by atoms with van der Waals surface area (Å²) < 4.78 is 27.1. The Morgan fingerprint density at radius 3 is 2.10 bits per heavy atom. The topological polar surface area (TPSA) is 137 Å². The zero-order valence-corrected chi connectivity index (χ0v) is 22.2. The van der Waals surface area contributed by atoms with Crippen LogP contribution in [0.25, 0.3) is 0 Å². The van der Waals surface area contributed by atoms with Gasteiger partial charge in [-0.05, 0) is 5.56 Å². The number of nitrogens with two attached hydrogens (primary N) is 1. The third-order valence-corrected chi connectivity index (χ3v) is 6.68.